The van der Waals surface area contributed by atoms with Gasteiger partial charge in [0, 0.05) is 29.8 Å². The number of hydrogen-bond acceptors (Lipinski definition) is 2. The maximum absolute atomic E-state index is 12.1. The molecule has 0 aliphatic carbocycles. The summed E-state index contributed by atoms with van der Waals surface area (Å²) in [4.78, 5) is 12.1. The number of rotatable bonds is 7. The van der Waals surface area contributed by atoms with Crippen molar-refractivity contribution in [3.05, 3.63) is 53.6 Å². The zero-order valence-corrected chi connectivity index (χ0v) is 13.8. The third kappa shape index (κ3) is 3.76. The molecule has 2 aromatic rings. The van der Waals surface area contributed by atoms with E-state index in [9.17, 15) is 4.79 Å². The van der Waals surface area contributed by atoms with Crippen LogP contribution in [0.2, 0.25) is 0 Å². The molecule has 0 aliphatic heterocycles. The highest BCUT2D eigenvalue weighted by Gasteiger charge is 2.13. The van der Waals surface area contributed by atoms with Gasteiger partial charge in [-0.25, -0.2) is 0 Å². The third-order valence-corrected chi connectivity index (χ3v) is 3.89. The maximum Gasteiger partial charge on any atom is 0.162 e. The first-order chi connectivity index (χ1) is 10.7. The van der Waals surface area contributed by atoms with Crippen molar-refractivity contribution in [1.82, 2.24) is 0 Å². The largest absolute Gasteiger partial charge is 0.385 e. The van der Waals surface area contributed by atoms with Gasteiger partial charge in [0.2, 0.25) is 0 Å². The van der Waals surface area contributed by atoms with Crippen molar-refractivity contribution >= 4 is 11.5 Å². The fourth-order valence-corrected chi connectivity index (χ4v) is 2.68. The van der Waals surface area contributed by atoms with Gasteiger partial charge in [-0.1, -0.05) is 50.6 Å². The highest BCUT2D eigenvalue weighted by molar-refractivity contribution is 5.99. The molecule has 22 heavy (non-hydrogen) atoms. The van der Waals surface area contributed by atoms with Crippen LogP contribution in [-0.2, 0) is 0 Å². The van der Waals surface area contributed by atoms with Gasteiger partial charge < -0.3 is 5.32 Å². The number of carbonyl (C=O) groups excluding carboxylic acids is 1. The molecule has 0 fully saturated rings. The number of anilines is 1. The van der Waals surface area contributed by atoms with Crippen molar-refractivity contribution in [1.29, 1.82) is 0 Å². The first-order valence-electron chi connectivity index (χ1n) is 8.14. The van der Waals surface area contributed by atoms with E-state index in [0.29, 0.717) is 6.42 Å². The molecule has 0 heterocycles. The maximum atomic E-state index is 12.1. The quantitative estimate of drug-likeness (QED) is 0.542. The number of carbonyl (C=O) groups is 1. The molecule has 2 nitrogen and oxygen atoms in total. The number of hydrogen-bond donors (Lipinski definition) is 1. The second kappa shape index (κ2) is 7.79. The van der Waals surface area contributed by atoms with E-state index in [1.807, 2.05) is 25.1 Å². The Balaban J connectivity index is 2.48. The smallest absolute Gasteiger partial charge is 0.162 e. The van der Waals surface area contributed by atoms with Gasteiger partial charge in [0.25, 0.3) is 0 Å². The summed E-state index contributed by atoms with van der Waals surface area (Å²) in [6.07, 6.45) is 2.82. The molecule has 0 unspecified atom stereocenters. The van der Waals surface area contributed by atoms with Crippen molar-refractivity contribution in [2.45, 2.75) is 40.0 Å². The van der Waals surface area contributed by atoms with Crippen molar-refractivity contribution in [3.8, 4) is 11.1 Å². The van der Waals surface area contributed by atoms with Gasteiger partial charge in [0.1, 0.15) is 0 Å². The van der Waals surface area contributed by atoms with Crippen molar-refractivity contribution < 1.29 is 4.79 Å². The summed E-state index contributed by atoms with van der Waals surface area (Å²) in [5, 5.41) is 3.52. The van der Waals surface area contributed by atoms with Crippen LogP contribution in [0.1, 0.15) is 49.0 Å². The molecule has 0 aliphatic rings. The number of unbranched alkanes of at least 4 members (excludes halogenated alkanes) is 1. The Bertz CT molecular complexity index is 632. The van der Waals surface area contributed by atoms with Gasteiger partial charge in [-0.15, -0.1) is 0 Å². The Morgan fingerprint density at radius 1 is 1.09 bits per heavy atom. The number of Topliss-reactive ketones (excluding diaryl/α,β-unsaturated/α-hetero) is 1. The fourth-order valence-electron chi connectivity index (χ4n) is 2.68. The molecule has 0 saturated carbocycles. The van der Waals surface area contributed by atoms with Crippen molar-refractivity contribution in [2.75, 3.05) is 11.9 Å². The topological polar surface area (TPSA) is 29.1 Å². The first kappa shape index (κ1) is 16.3. The molecule has 0 aromatic heterocycles. The lowest BCUT2D eigenvalue weighted by molar-refractivity contribution is 0.0988. The highest BCUT2D eigenvalue weighted by Crippen LogP contribution is 2.33. The second-order valence-corrected chi connectivity index (χ2v) is 5.64. The van der Waals surface area contributed by atoms with Gasteiger partial charge in [0.15, 0.2) is 5.78 Å². The lowest BCUT2D eigenvalue weighted by Gasteiger charge is -2.17. The molecule has 2 aromatic carbocycles. The van der Waals surface area contributed by atoms with Gasteiger partial charge in [-0.3, -0.25) is 4.79 Å². The van der Waals surface area contributed by atoms with Crippen LogP contribution in [0.25, 0.3) is 11.1 Å². The van der Waals surface area contributed by atoms with Crippen LogP contribution in [0.15, 0.2) is 42.5 Å². The average Bonchev–Trinajstić information content (AvgIpc) is 2.54. The van der Waals surface area contributed by atoms with Crippen LogP contribution < -0.4 is 5.32 Å². The lowest BCUT2D eigenvalue weighted by Crippen LogP contribution is -2.06. The van der Waals surface area contributed by atoms with Gasteiger partial charge in [-0.2, -0.15) is 0 Å². The number of benzene rings is 2. The molecule has 0 bridgehead atoms. The highest BCUT2D eigenvalue weighted by atomic mass is 16.1. The number of nitrogens with one attached hydrogen (secondary N) is 1. The Morgan fingerprint density at radius 2 is 1.82 bits per heavy atom. The predicted molar refractivity (Wildman–Crippen MR) is 94.6 cm³/mol. The molecule has 0 atom stereocenters. The average molecular weight is 295 g/mol. The van der Waals surface area contributed by atoms with Crippen molar-refractivity contribution in [3.63, 3.8) is 0 Å². The minimum atomic E-state index is 0.196. The molecule has 0 amide bonds. The normalized spacial score (nSPS) is 10.5. The summed E-state index contributed by atoms with van der Waals surface area (Å²) in [6, 6.07) is 14.4. The van der Waals surface area contributed by atoms with Crippen molar-refractivity contribution in [2.24, 2.45) is 0 Å². The van der Waals surface area contributed by atoms with E-state index < -0.39 is 0 Å². The molecule has 0 saturated heterocycles. The van der Waals surface area contributed by atoms with Crippen LogP contribution in [0.3, 0.4) is 0 Å². The lowest BCUT2D eigenvalue weighted by atomic mass is 9.94. The molecule has 0 spiro atoms. The summed E-state index contributed by atoms with van der Waals surface area (Å²) >= 11 is 0. The van der Waals surface area contributed by atoms with Crippen LogP contribution >= 0.6 is 0 Å². The van der Waals surface area contributed by atoms with E-state index in [-0.39, 0.29) is 5.78 Å². The summed E-state index contributed by atoms with van der Waals surface area (Å²) in [6.45, 7) is 7.11. The van der Waals surface area contributed by atoms with E-state index >= 15 is 0 Å². The van der Waals surface area contributed by atoms with Gasteiger partial charge in [0.05, 0.1) is 0 Å². The van der Waals surface area contributed by atoms with E-state index in [4.69, 9.17) is 0 Å². The van der Waals surface area contributed by atoms with Crippen LogP contribution in [0, 0.1) is 6.92 Å². The summed E-state index contributed by atoms with van der Waals surface area (Å²) < 4.78 is 0. The Labute approximate surface area is 133 Å². The molecule has 1 N–H and O–H groups in total. The number of ketones is 1. The fraction of sp³-hybridized carbons (Fsp3) is 0.350. The zero-order valence-electron chi connectivity index (χ0n) is 13.8. The minimum Gasteiger partial charge on any atom is -0.385 e. The molecule has 2 rings (SSSR count). The van der Waals surface area contributed by atoms with Gasteiger partial charge >= 0.3 is 0 Å². The van der Waals surface area contributed by atoms with E-state index in [2.05, 4.69) is 43.4 Å². The van der Waals surface area contributed by atoms with E-state index in [1.165, 1.54) is 11.1 Å². The summed E-state index contributed by atoms with van der Waals surface area (Å²) in [5.74, 6) is 0.196. The third-order valence-electron chi connectivity index (χ3n) is 3.89. The summed E-state index contributed by atoms with van der Waals surface area (Å²) in [5.41, 5.74) is 5.40. The first-order valence-corrected chi connectivity index (χ1v) is 8.14. The zero-order chi connectivity index (χ0) is 15.9. The molecule has 116 valence electrons. The van der Waals surface area contributed by atoms with Gasteiger partial charge in [-0.05, 0) is 36.6 Å². The molecular formula is C20H25NO. The molecule has 2 heteroatoms. The predicted octanol–water partition coefficient (Wildman–Crippen LogP) is 5.47. The van der Waals surface area contributed by atoms with Crippen LogP contribution in [-0.4, -0.2) is 12.3 Å². The number of aryl methyl sites for hydroxylation is 1. The Hall–Kier alpha value is -2.09. The Morgan fingerprint density at radius 3 is 2.45 bits per heavy atom. The monoisotopic (exact) mass is 295 g/mol. The van der Waals surface area contributed by atoms with Crippen LogP contribution in [0.4, 0.5) is 5.69 Å². The SMILES string of the molecule is CCCCNc1cc(C(=O)CC)cc(C)c1-c1ccccc1. The minimum absolute atomic E-state index is 0.196. The molecular weight excluding hydrogens is 270 g/mol. The van der Waals surface area contributed by atoms with E-state index in [0.717, 1.165) is 36.2 Å². The van der Waals surface area contributed by atoms with E-state index in [1.54, 1.807) is 0 Å². The molecule has 0 radical (unpaired) electrons. The van der Waals surface area contributed by atoms with Crippen LogP contribution in [0.5, 0.6) is 0 Å². The standard InChI is InChI=1S/C20H25NO/c1-4-6-12-21-18-14-17(19(22)5-2)13-15(3)20(18)16-10-8-7-9-11-16/h7-11,13-14,21H,4-6,12H2,1-3H3. The summed E-state index contributed by atoms with van der Waals surface area (Å²) in [7, 11) is 0. The Kier molecular flexibility index (Phi) is 5.76. The second-order valence-electron chi connectivity index (χ2n) is 5.64.